The Kier molecular flexibility index (Phi) is 125. The normalized spacial score (nSPS) is 13.2. The average Bonchev–Trinajstić information content (AvgIpc) is 0.967. The van der Waals surface area contributed by atoms with Crippen molar-refractivity contribution in [2.45, 2.75) is 580 Å². The minimum absolute atomic E-state index is 0.115. The van der Waals surface area contributed by atoms with Crippen molar-refractivity contribution in [1.82, 2.24) is 20.4 Å². The number of rotatable bonds is 122. The van der Waals surface area contributed by atoms with E-state index in [4.69, 9.17) is 34.2 Å². The zero-order chi connectivity index (χ0) is 104. The lowest BCUT2D eigenvalue weighted by Crippen LogP contribution is -2.42. The first-order chi connectivity index (χ1) is 72.0. The van der Waals surface area contributed by atoms with E-state index in [1.807, 2.05) is 0 Å². The van der Waals surface area contributed by atoms with Crippen molar-refractivity contribution in [2.24, 2.45) is 5.73 Å². The first-order valence-electron chi connectivity index (χ1n) is 63.5. The molecule has 0 fully saturated rings. The van der Waals surface area contributed by atoms with Crippen molar-refractivity contribution in [3.05, 3.63) is 146 Å². The van der Waals surface area contributed by atoms with Crippen LogP contribution in [0.2, 0.25) is 0 Å². The molecule has 3 unspecified atom stereocenters. The summed E-state index contributed by atoms with van der Waals surface area (Å²) in [4.78, 5) is 19.2. The van der Waals surface area contributed by atoms with Gasteiger partial charge in [0.2, 0.25) is 0 Å². The third-order valence-electron chi connectivity index (χ3n) is 28.0. The maximum atomic E-state index is 13.7. The molecular formula is C133H247N5O7. The average molecular weight is 2030 g/mol. The van der Waals surface area contributed by atoms with Gasteiger partial charge in [0.15, 0.2) is 0 Å². The second kappa shape index (κ2) is 128. The maximum Gasteiger partial charge on any atom is 0.314 e. The highest BCUT2D eigenvalue weighted by atomic mass is 16.5. The smallest absolute Gasteiger partial charge is 0.314 e. The lowest BCUT2D eigenvalue weighted by atomic mass is 10.1. The highest BCUT2D eigenvalue weighted by Crippen LogP contribution is 2.21. The lowest BCUT2D eigenvalue weighted by molar-refractivity contribution is -0.0235. The quantitative estimate of drug-likeness (QED) is 0.0400. The Hall–Kier alpha value is -4.21. The Morgan fingerprint density at radius 2 is 0.414 bits per heavy atom. The number of urea groups is 1. The molecule has 3 atom stereocenters. The molecule has 4 N–H and O–H groups in total. The van der Waals surface area contributed by atoms with Crippen molar-refractivity contribution in [3.63, 3.8) is 0 Å². The molecule has 0 aliphatic heterocycles. The van der Waals surface area contributed by atoms with Crippen LogP contribution >= 0.6 is 0 Å². The van der Waals surface area contributed by atoms with Gasteiger partial charge in [0.1, 0.15) is 0 Å². The van der Waals surface area contributed by atoms with E-state index in [1.54, 1.807) is 0 Å². The van der Waals surface area contributed by atoms with Crippen LogP contribution in [-0.4, -0.2) is 153 Å². The van der Waals surface area contributed by atoms with Gasteiger partial charge in [0.25, 0.3) is 0 Å². The monoisotopic (exact) mass is 2030 g/mol. The molecule has 0 aromatic heterocycles. The summed E-state index contributed by atoms with van der Waals surface area (Å²) < 4.78 is 39.3. The van der Waals surface area contributed by atoms with Crippen LogP contribution in [0.1, 0.15) is 562 Å². The highest BCUT2D eigenvalue weighted by Gasteiger charge is 2.17. The van der Waals surface area contributed by atoms with Gasteiger partial charge >= 0.3 is 6.03 Å². The Morgan fingerprint density at radius 1 is 0.214 bits per heavy atom. The molecule has 0 aromatic carbocycles. The van der Waals surface area contributed by atoms with Crippen LogP contribution < -0.4 is 16.4 Å². The number of carbonyl (C=O) groups is 1. The molecule has 0 aromatic rings. The molecule has 0 spiro atoms. The number of unbranched alkanes of at least 4 members (excludes halogenated alkanes) is 56. The second-order valence-corrected chi connectivity index (χ2v) is 42.4. The summed E-state index contributed by atoms with van der Waals surface area (Å²) in [6.45, 7) is 28.5. The summed E-state index contributed by atoms with van der Waals surface area (Å²) in [6.07, 6.45) is 156. The summed E-state index contributed by atoms with van der Waals surface area (Å²) in [5, 5.41) is 6.50. The van der Waals surface area contributed by atoms with Crippen LogP contribution in [0.25, 0.3) is 0 Å². The molecule has 0 saturated heterocycles. The number of ether oxygens (including phenoxy) is 6. The van der Waals surface area contributed by atoms with Crippen LogP contribution in [0.5, 0.6) is 0 Å². The zero-order valence-corrected chi connectivity index (χ0v) is 97.4. The summed E-state index contributed by atoms with van der Waals surface area (Å²) in [5.41, 5.74) is 6.26. The van der Waals surface area contributed by atoms with E-state index < -0.39 is 0 Å². The molecule has 12 heteroatoms. The molecule has 0 heterocycles. The van der Waals surface area contributed by atoms with Gasteiger partial charge in [0.05, 0.1) is 38.1 Å². The largest absolute Gasteiger partial charge is 0.379 e. The number of hydrogen-bond donors (Lipinski definition) is 3. The Bertz CT molecular complexity index is 2860. The van der Waals surface area contributed by atoms with E-state index in [-0.39, 0.29) is 24.3 Å². The molecule has 0 bridgehead atoms. The van der Waals surface area contributed by atoms with Crippen molar-refractivity contribution in [3.8, 4) is 0 Å². The number of carbonyl (C=O) groups excluding carboxylic acids is 1. The fraction of sp³-hybridized carbons (Fsp3) is 0.812. The van der Waals surface area contributed by atoms with Crippen molar-refractivity contribution in [2.75, 3.05) is 118 Å². The zero-order valence-electron chi connectivity index (χ0n) is 97.4. The van der Waals surface area contributed by atoms with Crippen LogP contribution in [0, 0.1) is 0 Å². The summed E-state index contributed by atoms with van der Waals surface area (Å²) in [5.74, 6) is 0. The number of amides is 2. The minimum Gasteiger partial charge on any atom is -0.379 e. The van der Waals surface area contributed by atoms with Crippen molar-refractivity contribution >= 4 is 6.03 Å². The van der Waals surface area contributed by atoms with Crippen LogP contribution in [-0.2, 0) is 28.4 Å². The van der Waals surface area contributed by atoms with Gasteiger partial charge in [-0.15, -0.1) is 0 Å². The van der Waals surface area contributed by atoms with Crippen LogP contribution in [0.3, 0.4) is 0 Å². The van der Waals surface area contributed by atoms with Crippen LogP contribution in [0.15, 0.2) is 146 Å². The Labute approximate surface area is 903 Å². The molecular weight excluding hydrogens is 1780 g/mol. The highest BCUT2D eigenvalue weighted by molar-refractivity contribution is 5.73. The first kappa shape index (κ1) is 141. The standard InChI is InChI=1S/C133H247N5O7/c1-7-13-19-25-31-37-43-49-55-61-64-70-76-82-88-102-120-140-127-130(143-123-105-91-85-79-73-67-58-52-46-40-34-28-22-16-10-4)110-96-94-98-114-137(118-108-112-134)116-100-101-117-138(115-99-95-97-111-131(144-124-106-92-86-80-74-68-59-53-47-41-35-29-23-17-11-5)128-141-121-103-89-83-77-71-65-62-56-50-44-38-32-26-20-14-8-2)119-109-113-135-133(139)136-126-132(145-125-107-93-87-81-75-69-60-54-48-42-36-30-24-18-12-6)129-142-122-104-90-84-78-72-66-63-57-51-45-39-33-27-21-15-9-3/h31-42,49-60,130-132H,7-30,43-48,61-129,134H2,1-6H3,(H2,135,136,139)/b37-31-,38-32-,39-33-,40-34-,41-35-,42-36-,55-49-,56-50-,57-51-,58-52-,59-53-,60-54-. The van der Waals surface area contributed by atoms with E-state index in [1.165, 1.54) is 385 Å². The van der Waals surface area contributed by atoms with E-state index >= 15 is 0 Å². The fourth-order valence-electron chi connectivity index (χ4n) is 18.5. The number of hydrogen-bond acceptors (Lipinski definition) is 10. The summed E-state index contributed by atoms with van der Waals surface area (Å²) in [7, 11) is 0. The Balaban J connectivity index is 6.25. The predicted molar refractivity (Wildman–Crippen MR) is 643 cm³/mol. The van der Waals surface area contributed by atoms with Crippen molar-refractivity contribution < 1.29 is 33.2 Å². The topological polar surface area (TPSA) is 129 Å². The third kappa shape index (κ3) is 120. The molecule has 846 valence electrons. The number of nitrogens with zero attached hydrogens (tertiary/aromatic N) is 2. The molecule has 2 amide bonds. The van der Waals surface area contributed by atoms with Gasteiger partial charge in [-0.2, -0.15) is 0 Å². The van der Waals surface area contributed by atoms with Gasteiger partial charge in [-0.05, 0) is 328 Å². The van der Waals surface area contributed by atoms with E-state index in [2.05, 4.69) is 208 Å². The van der Waals surface area contributed by atoms with Crippen LogP contribution in [0.4, 0.5) is 4.79 Å². The first-order valence-corrected chi connectivity index (χ1v) is 63.5. The molecule has 0 aliphatic rings. The molecule has 0 rings (SSSR count). The molecule has 145 heavy (non-hydrogen) atoms. The fourth-order valence-corrected chi connectivity index (χ4v) is 18.5. The van der Waals surface area contributed by atoms with Gasteiger partial charge in [0, 0.05) is 52.7 Å². The van der Waals surface area contributed by atoms with E-state index in [9.17, 15) is 4.79 Å². The van der Waals surface area contributed by atoms with E-state index in [0.717, 1.165) is 214 Å². The second-order valence-electron chi connectivity index (χ2n) is 42.4. The van der Waals surface area contributed by atoms with Gasteiger partial charge in [-0.25, -0.2) is 4.79 Å². The SMILES string of the molecule is CCCCC/C=C\C/C=C\CCCCCCCCOCC(CCCCCN(CCCN)CCCCN(CCCCCC(COCCCCCCCC/C=C\C/C=C\CCCCC)OCCCCCCC/C=C\C/C=C\CCCCC)CCCNC(=O)NCC(COCCCCCCCC/C=C\C/C=C\CCCCC)OCCCCCCC/C=C\C/C=C\CCCCC)OCCCCCCC/C=C\C/C=C\CCCCC. The Morgan fingerprint density at radius 3 is 0.669 bits per heavy atom. The number of nitrogens with two attached hydrogens (primary N) is 1. The summed E-state index contributed by atoms with van der Waals surface area (Å²) >= 11 is 0. The number of nitrogens with one attached hydrogen (secondary N) is 2. The summed E-state index contributed by atoms with van der Waals surface area (Å²) in [6, 6.07) is -0.115. The molecule has 12 nitrogen and oxygen atoms in total. The third-order valence-corrected chi connectivity index (χ3v) is 28.0. The van der Waals surface area contributed by atoms with Gasteiger partial charge < -0.3 is 54.6 Å². The molecule has 0 radical (unpaired) electrons. The molecule has 0 saturated carbocycles. The maximum absolute atomic E-state index is 13.7. The minimum atomic E-state index is -0.182. The molecule has 0 aliphatic carbocycles. The predicted octanol–water partition coefficient (Wildman–Crippen LogP) is 39.4. The van der Waals surface area contributed by atoms with E-state index in [0.29, 0.717) is 39.5 Å². The van der Waals surface area contributed by atoms with Gasteiger partial charge in [-0.1, -0.05) is 425 Å². The van der Waals surface area contributed by atoms with Crippen molar-refractivity contribution in [1.29, 1.82) is 0 Å². The van der Waals surface area contributed by atoms with Gasteiger partial charge in [-0.3, -0.25) is 0 Å². The lowest BCUT2D eigenvalue weighted by Gasteiger charge is -2.25. The number of allylic oxidation sites excluding steroid dienone is 24.